The standard InChI is InChI=1S/C40H40ClN7O6S/c1-21(20-54-31-11-8-10-28-34(31)39(53)48(38(28)52)30-16-17-32(50)44-37(30)51)42-18-7-5-6-9-27(49)19-29-36-46-45-24(4)47(36)40-33(22(2)23(3)55-40)35(43-29)25-12-14-26(41)15-13-25/h8,10-15,29-30,42H,1,5-7,9,16-20H2,2-4H3,(H,44,50,51)/t29-,30?/m0/s1. The molecule has 1 fully saturated rings. The third kappa shape index (κ3) is 7.48. The minimum Gasteiger partial charge on any atom is -0.487 e. The van der Waals surface area contributed by atoms with Gasteiger partial charge in [-0.3, -0.25) is 43.7 Å². The fraction of sp³-hybridized carbons (Fsp3) is 0.350. The molecule has 2 N–H and O–H groups in total. The maximum absolute atomic E-state index is 13.4. The second-order valence-electron chi connectivity index (χ2n) is 13.9. The van der Waals surface area contributed by atoms with Gasteiger partial charge in [-0.2, -0.15) is 0 Å². The van der Waals surface area contributed by atoms with Crippen molar-refractivity contribution in [2.75, 3.05) is 13.2 Å². The molecule has 1 saturated heterocycles. The first-order chi connectivity index (χ1) is 26.4. The summed E-state index contributed by atoms with van der Waals surface area (Å²) >= 11 is 7.90. The number of fused-ring (bicyclic) bond motifs is 4. The van der Waals surface area contributed by atoms with Crippen LogP contribution >= 0.6 is 22.9 Å². The number of aromatic nitrogens is 3. The maximum atomic E-state index is 13.4. The van der Waals surface area contributed by atoms with Crippen molar-refractivity contribution in [3.8, 4) is 10.8 Å². The molecule has 13 nitrogen and oxygen atoms in total. The second kappa shape index (κ2) is 15.7. The lowest BCUT2D eigenvalue weighted by molar-refractivity contribution is -0.136. The number of aryl methyl sites for hydroxylation is 2. The molecule has 2 aromatic heterocycles. The van der Waals surface area contributed by atoms with Crippen molar-refractivity contribution < 1.29 is 28.7 Å². The van der Waals surface area contributed by atoms with Crippen LogP contribution in [0.25, 0.3) is 5.00 Å². The molecule has 15 heteroatoms. The Kier molecular flexibility index (Phi) is 10.8. The highest BCUT2D eigenvalue weighted by Gasteiger charge is 2.46. The van der Waals surface area contributed by atoms with Crippen LogP contribution in [0, 0.1) is 20.8 Å². The highest BCUT2D eigenvalue weighted by atomic mass is 35.5. The van der Waals surface area contributed by atoms with Crippen LogP contribution in [0.5, 0.6) is 5.75 Å². The Labute approximate surface area is 326 Å². The number of hydrogen-bond donors (Lipinski definition) is 2. The van der Waals surface area contributed by atoms with Crippen LogP contribution in [0.15, 0.2) is 59.7 Å². The summed E-state index contributed by atoms with van der Waals surface area (Å²) in [7, 11) is 0. The zero-order valence-electron chi connectivity index (χ0n) is 30.7. The van der Waals surface area contributed by atoms with Gasteiger partial charge in [0.1, 0.15) is 41.0 Å². The molecule has 0 bridgehead atoms. The van der Waals surface area contributed by atoms with Crippen LogP contribution in [0.1, 0.15) is 105 Å². The van der Waals surface area contributed by atoms with Crippen LogP contribution < -0.4 is 15.4 Å². The van der Waals surface area contributed by atoms with E-state index in [-0.39, 0.29) is 48.5 Å². The molecule has 7 rings (SSSR count). The minimum absolute atomic E-state index is 0.0398. The lowest BCUT2D eigenvalue weighted by Gasteiger charge is -2.27. The molecular weight excluding hydrogens is 742 g/mol. The van der Waals surface area contributed by atoms with Crippen LogP contribution in [0.4, 0.5) is 0 Å². The van der Waals surface area contributed by atoms with Crippen molar-refractivity contribution in [1.82, 2.24) is 30.3 Å². The Morgan fingerprint density at radius 1 is 1.02 bits per heavy atom. The summed E-state index contributed by atoms with van der Waals surface area (Å²) in [5.41, 5.74) is 4.71. The van der Waals surface area contributed by atoms with Gasteiger partial charge < -0.3 is 10.1 Å². The number of halogens is 1. The van der Waals surface area contributed by atoms with Gasteiger partial charge in [-0.15, -0.1) is 21.5 Å². The summed E-state index contributed by atoms with van der Waals surface area (Å²) in [5.74, 6) is -0.628. The Bertz CT molecular complexity index is 2280. The SMILES string of the molecule is C=C(COc1cccc2c1C(=O)N(C1CCC(=O)NC1=O)C2=O)NCCCCCC(=O)C[C@@H]1N=C(c2ccc(Cl)cc2)c2c(sc(C)c2C)-n2c(C)nnc21. The van der Waals surface area contributed by atoms with Crippen molar-refractivity contribution in [2.45, 2.75) is 77.8 Å². The number of hydrogen-bond acceptors (Lipinski definition) is 11. The van der Waals surface area contributed by atoms with E-state index < -0.39 is 35.7 Å². The van der Waals surface area contributed by atoms with Crippen LogP contribution in [0.3, 0.4) is 0 Å². The summed E-state index contributed by atoms with van der Waals surface area (Å²) in [6, 6.07) is 10.8. The summed E-state index contributed by atoms with van der Waals surface area (Å²) in [5, 5.41) is 16.0. The maximum Gasteiger partial charge on any atom is 0.266 e. The number of unbranched alkanes of at least 4 members (excludes halogenated alkanes) is 2. The zero-order chi connectivity index (χ0) is 39.0. The van der Waals surface area contributed by atoms with Crippen molar-refractivity contribution in [2.24, 2.45) is 4.99 Å². The number of piperidine rings is 1. The average molecular weight is 782 g/mol. The van der Waals surface area contributed by atoms with Crippen LogP contribution in [-0.4, -0.2) is 74.0 Å². The number of ketones is 1. The molecule has 3 aliphatic heterocycles. The van der Waals surface area contributed by atoms with Gasteiger partial charge >= 0.3 is 0 Å². The smallest absolute Gasteiger partial charge is 0.266 e. The van der Waals surface area contributed by atoms with E-state index in [0.29, 0.717) is 35.9 Å². The van der Waals surface area contributed by atoms with E-state index >= 15 is 0 Å². The van der Waals surface area contributed by atoms with Gasteiger partial charge in [0, 0.05) is 52.5 Å². The third-order valence-electron chi connectivity index (χ3n) is 10.1. The zero-order valence-corrected chi connectivity index (χ0v) is 32.3. The van der Waals surface area contributed by atoms with Gasteiger partial charge in [0.15, 0.2) is 5.82 Å². The predicted octanol–water partition coefficient (Wildman–Crippen LogP) is 5.90. The van der Waals surface area contributed by atoms with E-state index in [9.17, 15) is 24.0 Å². The fourth-order valence-corrected chi connectivity index (χ4v) is 8.50. The molecule has 4 aromatic rings. The van der Waals surface area contributed by atoms with E-state index in [1.807, 2.05) is 35.8 Å². The quantitative estimate of drug-likeness (QED) is 0.117. The van der Waals surface area contributed by atoms with Gasteiger partial charge in [0.2, 0.25) is 11.8 Å². The van der Waals surface area contributed by atoms with E-state index in [0.717, 1.165) is 51.0 Å². The minimum atomic E-state index is -1.06. The summed E-state index contributed by atoms with van der Waals surface area (Å²) in [6.07, 6.45) is 3.02. The van der Waals surface area contributed by atoms with Gasteiger partial charge in [0.25, 0.3) is 11.8 Å². The summed E-state index contributed by atoms with van der Waals surface area (Å²) in [4.78, 5) is 71.1. The largest absolute Gasteiger partial charge is 0.487 e. The molecule has 4 amide bonds. The molecule has 2 atom stereocenters. The number of thiophene rings is 1. The van der Waals surface area contributed by atoms with Crippen molar-refractivity contribution in [3.63, 3.8) is 0 Å². The number of rotatable bonds is 14. The lowest BCUT2D eigenvalue weighted by Crippen LogP contribution is -2.54. The highest BCUT2D eigenvalue weighted by molar-refractivity contribution is 7.15. The number of carbonyl (C=O) groups excluding carboxylic acids is 5. The molecule has 2 aromatic carbocycles. The first kappa shape index (κ1) is 37.8. The summed E-state index contributed by atoms with van der Waals surface area (Å²) < 4.78 is 7.95. The Morgan fingerprint density at radius 3 is 2.56 bits per heavy atom. The van der Waals surface area contributed by atoms with E-state index in [4.69, 9.17) is 21.3 Å². The van der Waals surface area contributed by atoms with E-state index in [2.05, 4.69) is 41.3 Å². The first-order valence-corrected chi connectivity index (χ1v) is 19.4. The third-order valence-corrected chi connectivity index (χ3v) is 11.6. The Balaban J connectivity index is 0.906. The number of Topliss-reactive ketones (excluding diaryl/α,β-unsaturated/α-hetero) is 1. The number of carbonyl (C=O) groups is 5. The normalized spacial score (nSPS) is 17.6. The number of amides is 4. The predicted molar refractivity (Wildman–Crippen MR) is 207 cm³/mol. The number of ether oxygens (including phenoxy) is 1. The number of nitrogens with zero attached hydrogens (tertiary/aromatic N) is 5. The molecule has 0 saturated carbocycles. The molecule has 5 heterocycles. The van der Waals surface area contributed by atoms with Crippen LogP contribution in [-0.2, 0) is 14.4 Å². The molecule has 0 spiro atoms. The van der Waals surface area contributed by atoms with E-state index in [1.165, 1.54) is 10.9 Å². The van der Waals surface area contributed by atoms with Gasteiger partial charge in [-0.1, -0.05) is 42.8 Å². The number of benzene rings is 2. The molecule has 0 radical (unpaired) electrons. The number of imide groups is 2. The second-order valence-corrected chi connectivity index (χ2v) is 15.5. The number of nitrogens with one attached hydrogen (secondary N) is 2. The summed E-state index contributed by atoms with van der Waals surface area (Å²) in [6.45, 7) is 10.8. The highest BCUT2D eigenvalue weighted by Crippen LogP contribution is 2.40. The average Bonchev–Trinajstić information content (AvgIpc) is 3.73. The van der Waals surface area contributed by atoms with Crippen molar-refractivity contribution >= 4 is 58.1 Å². The first-order valence-electron chi connectivity index (χ1n) is 18.2. The van der Waals surface area contributed by atoms with Gasteiger partial charge in [-0.25, -0.2) is 0 Å². The Morgan fingerprint density at radius 2 is 1.80 bits per heavy atom. The van der Waals surface area contributed by atoms with Crippen molar-refractivity contribution in [3.05, 3.63) is 104 Å². The molecular formula is C40H40ClN7O6S. The monoisotopic (exact) mass is 781 g/mol. The molecule has 0 aliphatic carbocycles. The Hall–Kier alpha value is -5.47. The molecule has 284 valence electrons. The van der Waals surface area contributed by atoms with Gasteiger partial charge in [-0.05, 0) is 69.9 Å². The van der Waals surface area contributed by atoms with Crippen molar-refractivity contribution in [1.29, 1.82) is 0 Å². The lowest BCUT2D eigenvalue weighted by atomic mass is 9.99. The fourth-order valence-electron chi connectivity index (χ4n) is 7.16. The van der Waals surface area contributed by atoms with Crippen LogP contribution in [0.2, 0.25) is 5.02 Å². The molecule has 1 unspecified atom stereocenters. The number of aliphatic imine (C=N–C) groups is 1. The van der Waals surface area contributed by atoms with Gasteiger partial charge in [0.05, 0.1) is 16.8 Å². The molecule has 55 heavy (non-hydrogen) atoms. The molecule has 3 aliphatic rings. The van der Waals surface area contributed by atoms with E-state index in [1.54, 1.807) is 23.5 Å². The topological polar surface area (TPSA) is 165 Å².